The minimum absolute atomic E-state index is 0.134. The predicted octanol–water partition coefficient (Wildman–Crippen LogP) is 2.48. The van der Waals surface area contributed by atoms with E-state index >= 15 is 0 Å². The lowest BCUT2D eigenvalue weighted by atomic mass is 9.76. The van der Waals surface area contributed by atoms with Crippen molar-refractivity contribution in [3.05, 3.63) is 63.7 Å². The third kappa shape index (κ3) is 3.90. The van der Waals surface area contributed by atoms with Crippen LogP contribution in [0.4, 0.5) is 5.69 Å². The van der Waals surface area contributed by atoms with Crippen LogP contribution in [-0.4, -0.2) is 57.0 Å². The maximum absolute atomic E-state index is 13.8. The summed E-state index contributed by atoms with van der Waals surface area (Å²) in [6, 6.07) is 9.89. The number of carboxylic acid groups (broad SMARTS) is 1. The molecule has 0 spiro atoms. The minimum Gasteiger partial charge on any atom is -0.486 e. The molecule has 4 unspecified atom stereocenters. The number of carbonyl (C=O) groups is 3. The summed E-state index contributed by atoms with van der Waals surface area (Å²) < 4.78 is 11.3. The van der Waals surface area contributed by atoms with Crippen LogP contribution in [0.15, 0.2) is 42.5 Å². The highest BCUT2D eigenvalue weighted by molar-refractivity contribution is 6.10. The number of carboxylic acids is 1. The van der Waals surface area contributed by atoms with Gasteiger partial charge in [-0.2, -0.15) is 0 Å². The zero-order chi connectivity index (χ0) is 26.7. The third-order valence-electron chi connectivity index (χ3n) is 7.26. The Kier molecular flexibility index (Phi) is 5.70. The minimum atomic E-state index is -1.83. The van der Waals surface area contributed by atoms with Gasteiger partial charge >= 0.3 is 5.97 Å². The zero-order valence-electron chi connectivity index (χ0n) is 20.6. The van der Waals surface area contributed by atoms with E-state index in [1.54, 1.807) is 39.0 Å². The second kappa shape index (κ2) is 8.55. The first-order valence-corrected chi connectivity index (χ1v) is 12.0. The summed E-state index contributed by atoms with van der Waals surface area (Å²) in [5.74, 6) is -3.41. The number of aliphatic carboxylic acids is 1. The van der Waals surface area contributed by atoms with Crippen LogP contribution in [0.25, 0.3) is 0 Å². The van der Waals surface area contributed by atoms with E-state index in [0.29, 0.717) is 35.8 Å². The second-order valence-corrected chi connectivity index (χ2v) is 10.6. The molecule has 0 bridgehead atoms. The molecule has 194 valence electrons. The van der Waals surface area contributed by atoms with Gasteiger partial charge in [-0.15, -0.1) is 0 Å². The molecule has 2 aromatic rings. The Morgan fingerprint density at radius 2 is 1.76 bits per heavy atom. The van der Waals surface area contributed by atoms with Gasteiger partial charge in [-0.05, 0) is 44.0 Å². The van der Waals surface area contributed by atoms with Gasteiger partial charge in [0, 0.05) is 30.1 Å². The Morgan fingerprint density at radius 3 is 2.35 bits per heavy atom. The fraction of sp³-hybridized carbons (Fsp3) is 0.423. The van der Waals surface area contributed by atoms with E-state index in [9.17, 15) is 29.6 Å². The van der Waals surface area contributed by atoms with E-state index in [1.165, 1.54) is 29.2 Å². The first kappa shape index (κ1) is 24.7. The molecule has 5 rings (SSSR count). The van der Waals surface area contributed by atoms with Crippen molar-refractivity contribution in [2.45, 2.75) is 44.3 Å². The number of imide groups is 1. The number of nitro groups is 1. The Hall–Kier alpha value is -3.99. The van der Waals surface area contributed by atoms with Crippen LogP contribution in [0.1, 0.15) is 37.9 Å². The first-order valence-electron chi connectivity index (χ1n) is 12.0. The normalized spacial score (nSPS) is 26.8. The molecule has 3 aliphatic rings. The number of ether oxygens (including phenoxy) is 2. The summed E-state index contributed by atoms with van der Waals surface area (Å²) in [6.07, 6.45) is -0.153. The van der Waals surface area contributed by atoms with Gasteiger partial charge in [0.25, 0.3) is 5.69 Å². The van der Waals surface area contributed by atoms with Crippen molar-refractivity contribution in [3.63, 3.8) is 0 Å². The molecule has 2 aromatic carbocycles. The van der Waals surface area contributed by atoms with E-state index in [4.69, 9.17) is 9.47 Å². The fourth-order valence-corrected chi connectivity index (χ4v) is 5.70. The number of amides is 2. The molecule has 0 aromatic heterocycles. The number of nitrogens with zero attached hydrogens (tertiary/aromatic N) is 2. The largest absolute Gasteiger partial charge is 0.486 e. The van der Waals surface area contributed by atoms with Crippen LogP contribution in [0.3, 0.4) is 0 Å². The number of hydrogen-bond donors (Lipinski definition) is 2. The molecule has 4 atom stereocenters. The van der Waals surface area contributed by atoms with Crippen LogP contribution in [0, 0.1) is 22.0 Å². The Balaban J connectivity index is 1.62. The molecule has 0 saturated carbocycles. The molecule has 0 aliphatic carbocycles. The quantitative estimate of drug-likeness (QED) is 0.352. The number of likely N-dealkylation sites (tertiary alicyclic amines) is 1. The van der Waals surface area contributed by atoms with Crippen molar-refractivity contribution in [1.29, 1.82) is 0 Å². The van der Waals surface area contributed by atoms with Crippen molar-refractivity contribution in [2.75, 3.05) is 13.2 Å². The van der Waals surface area contributed by atoms with Gasteiger partial charge in [0.15, 0.2) is 11.5 Å². The zero-order valence-corrected chi connectivity index (χ0v) is 20.6. The summed E-state index contributed by atoms with van der Waals surface area (Å²) >= 11 is 0. The molecule has 2 amide bonds. The smallest absolute Gasteiger partial charge is 0.325 e. The number of non-ortho nitro benzene ring substituents is 1. The summed E-state index contributed by atoms with van der Waals surface area (Å²) in [5.41, 5.74) is -1.73. The summed E-state index contributed by atoms with van der Waals surface area (Å²) in [4.78, 5) is 52.2. The molecule has 37 heavy (non-hydrogen) atoms. The number of nitrogens with one attached hydrogen (secondary N) is 1. The van der Waals surface area contributed by atoms with Crippen molar-refractivity contribution in [2.24, 2.45) is 11.8 Å². The number of carbonyl (C=O) groups excluding carboxylic acids is 2. The first-order chi connectivity index (χ1) is 17.4. The van der Waals surface area contributed by atoms with E-state index in [-0.39, 0.29) is 12.1 Å². The average molecular weight is 510 g/mol. The van der Waals surface area contributed by atoms with Gasteiger partial charge < -0.3 is 14.6 Å². The molecule has 2 fully saturated rings. The summed E-state index contributed by atoms with van der Waals surface area (Å²) in [7, 11) is 0. The Bertz CT molecular complexity index is 1300. The van der Waals surface area contributed by atoms with Crippen molar-refractivity contribution in [3.8, 4) is 11.5 Å². The van der Waals surface area contributed by atoms with Crippen LogP contribution in [-0.2, 0) is 20.8 Å². The molecule has 3 aliphatic heterocycles. The number of fused-ring (bicyclic) bond motifs is 2. The molecule has 2 N–H and O–H groups in total. The lowest BCUT2D eigenvalue weighted by molar-refractivity contribution is -0.384. The molecular formula is C26H27N3O8. The van der Waals surface area contributed by atoms with Crippen LogP contribution in [0.2, 0.25) is 0 Å². The van der Waals surface area contributed by atoms with Gasteiger partial charge in [-0.1, -0.05) is 18.2 Å². The fourth-order valence-electron chi connectivity index (χ4n) is 5.70. The van der Waals surface area contributed by atoms with Gasteiger partial charge in [0.1, 0.15) is 18.8 Å². The van der Waals surface area contributed by atoms with Crippen LogP contribution >= 0.6 is 0 Å². The van der Waals surface area contributed by atoms with Crippen LogP contribution < -0.4 is 14.8 Å². The lowest BCUT2D eigenvalue weighted by Crippen LogP contribution is -2.58. The van der Waals surface area contributed by atoms with Crippen LogP contribution in [0.5, 0.6) is 11.5 Å². The maximum atomic E-state index is 13.8. The monoisotopic (exact) mass is 509 g/mol. The highest BCUT2D eigenvalue weighted by Crippen LogP contribution is 2.52. The number of nitro benzene ring substituents is 1. The van der Waals surface area contributed by atoms with Gasteiger partial charge in [-0.3, -0.25) is 34.7 Å². The SMILES string of the molecule is CC(C)(C)N1C(=O)C2C(c3ccc4c(c3)OCCO4)NC(Cc3ccc([N+](=O)[O-])cc3)(C(=O)O)C2C1=O. The van der Waals surface area contributed by atoms with Crippen molar-refractivity contribution in [1.82, 2.24) is 10.2 Å². The van der Waals surface area contributed by atoms with E-state index in [1.807, 2.05) is 0 Å². The molecular weight excluding hydrogens is 482 g/mol. The molecule has 11 nitrogen and oxygen atoms in total. The topological polar surface area (TPSA) is 148 Å². The molecule has 3 heterocycles. The lowest BCUT2D eigenvalue weighted by Gasteiger charge is -2.35. The Labute approximate surface area is 212 Å². The Morgan fingerprint density at radius 1 is 1.11 bits per heavy atom. The van der Waals surface area contributed by atoms with E-state index in [2.05, 4.69) is 5.32 Å². The van der Waals surface area contributed by atoms with Crippen molar-refractivity contribution < 1.29 is 33.9 Å². The highest BCUT2D eigenvalue weighted by Gasteiger charge is 2.69. The van der Waals surface area contributed by atoms with Gasteiger partial charge in [-0.25, -0.2) is 0 Å². The highest BCUT2D eigenvalue weighted by atomic mass is 16.6. The number of benzene rings is 2. The molecule has 2 saturated heterocycles. The van der Waals surface area contributed by atoms with Gasteiger partial charge in [0.05, 0.1) is 16.8 Å². The summed E-state index contributed by atoms with van der Waals surface area (Å²) in [6.45, 7) is 5.96. The number of hydrogen-bond acceptors (Lipinski definition) is 8. The molecule has 11 heteroatoms. The molecule has 0 radical (unpaired) electrons. The second-order valence-electron chi connectivity index (χ2n) is 10.6. The van der Waals surface area contributed by atoms with E-state index < -0.39 is 51.7 Å². The van der Waals surface area contributed by atoms with Gasteiger partial charge in [0.2, 0.25) is 11.8 Å². The van der Waals surface area contributed by atoms with Crippen molar-refractivity contribution >= 4 is 23.5 Å². The third-order valence-corrected chi connectivity index (χ3v) is 7.26. The number of rotatable bonds is 5. The summed E-state index contributed by atoms with van der Waals surface area (Å²) in [5, 5.41) is 24.8. The maximum Gasteiger partial charge on any atom is 0.325 e. The average Bonchev–Trinajstić information content (AvgIpc) is 3.33. The predicted molar refractivity (Wildman–Crippen MR) is 129 cm³/mol. The van der Waals surface area contributed by atoms with E-state index in [0.717, 1.165) is 0 Å². The standard InChI is InChI=1S/C26H27N3O8/c1-25(2,3)28-22(30)19-20(23(28)31)26(24(32)33,13-14-4-7-16(8-5-14)29(34)35)27-21(19)15-6-9-17-18(12-15)37-11-10-36-17/h4-9,12,19-21,27H,10-11,13H2,1-3H3,(H,32,33).